The molecule has 0 aromatic carbocycles. The summed E-state index contributed by atoms with van der Waals surface area (Å²) in [6, 6.07) is 0. The first kappa shape index (κ1) is 26.2. The zero-order valence-electron chi connectivity index (χ0n) is 21.9. The second-order valence-electron chi connectivity index (χ2n) is 12.0. The van der Waals surface area contributed by atoms with Crippen LogP contribution in [-0.2, 0) is 19.1 Å². The number of carbonyl (C=O) groups is 3. The molecule has 8 atom stereocenters. The van der Waals surface area contributed by atoms with Gasteiger partial charge in [0.15, 0.2) is 22.8 Å². The monoisotopic (exact) mass is 488 g/mol. The zero-order valence-corrected chi connectivity index (χ0v) is 21.9. The first-order valence-electron chi connectivity index (χ1n) is 13.4. The largest absolute Gasteiger partial charge is 0.450 e. The van der Waals surface area contributed by atoms with E-state index in [2.05, 4.69) is 6.92 Å². The van der Waals surface area contributed by atoms with E-state index >= 15 is 4.39 Å². The van der Waals surface area contributed by atoms with E-state index in [1.807, 2.05) is 13.8 Å². The van der Waals surface area contributed by atoms with Crippen molar-refractivity contribution in [1.82, 2.24) is 0 Å². The molecule has 4 aliphatic rings. The Labute approximate surface area is 208 Å². The van der Waals surface area contributed by atoms with Crippen molar-refractivity contribution >= 4 is 17.5 Å². The highest BCUT2D eigenvalue weighted by Crippen LogP contribution is 2.71. The SMILES string of the molecule is CCCCCCC(=O)O[C@]1(C(C)=O)[C@@H](C)C[C@H]2[C@@H]3CCC4=CC(=O)C=C[C@]4(C)[C@@]3(F)[C@@H](O)C[C@@]21C. The number of alkyl halides is 1. The summed E-state index contributed by atoms with van der Waals surface area (Å²) >= 11 is 0. The molecule has 0 radical (unpaired) electrons. The third kappa shape index (κ3) is 3.53. The van der Waals surface area contributed by atoms with Gasteiger partial charge in [-0.05, 0) is 64.0 Å². The van der Waals surface area contributed by atoms with Crippen molar-refractivity contribution in [3.05, 3.63) is 23.8 Å². The first-order valence-corrected chi connectivity index (χ1v) is 13.4. The Morgan fingerprint density at radius 2 is 1.91 bits per heavy atom. The van der Waals surface area contributed by atoms with Gasteiger partial charge in [0.2, 0.25) is 0 Å². The van der Waals surface area contributed by atoms with Crippen LogP contribution in [0.2, 0.25) is 0 Å². The number of hydrogen-bond acceptors (Lipinski definition) is 5. The van der Waals surface area contributed by atoms with Gasteiger partial charge in [-0.25, -0.2) is 4.39 Å². The second kappa shape index (κ2) is 8.93. The van der Waals surface area contributed by atoms with Gasteiger partial charge in [-0.15, -0.1) is 0 Å². The Bertz CT molecular complexity index is 970. The highest BCUT2D eigenvalue weighted by atomic mass is 19.1. The van der Waals surface area contributed by atoms with Crippen LogP contribution < -0.4 is 0 Å². The molecule has 4 aliphatic carbocycles. The van der Waals surface area contributed by atoms with Crippen LogP contribution in [0.4, 0.5) is 4.39 Å². The number of ketones is 2. The highest BCUT2D eigenvalue weighted by Gasteiger charge is 2.76. The summed E-state index contributed by atoms with van der Waals surface area (Å²) in [5, 5.41) is 11.5. The van der Waals surface area contributed by atoms with Crippen LogP contribution in [0.3, 0.4) is 0 Å². The molecule has 4 rings (SSSR count). The third-order valence-electron chi connectivity index (χ3n) is 10.2. The molecule has 3 saturated carbocycles. The number of Topliss-reactive ketones (excluding diaryl/α,β-unsaturated/α-hetero) is 1. The van der Waals surface area contributed by atoms with E-state index in [0.29, 0.717) is 25.7 Å². The number of aliphatic hydroxyl groups excluding tert-OH is 1. The lowest BCUT2D eigenvalue weighted by Gasteiger charge is -2.62. The summed E-state index contributed by atoms with van der Waals surface area (Å²) in [7, 11) is 0. The van der Waals surface area contributed by atoms with E-state index in [-0.39, 0.29) is 42.2 Å². The summed E-state index contributed by atoms with van der Waals surface area (Å²) in [5.41, 5.74) is -4.56. The van der Waals surface area contributed by atoms with Crippen LogP contribution in [0.15, 0.2) is 23.8 Å². The number of allylic oxidation sites excluding steroid dienone is 4. The molecule has 0 bridgehead atoms. The molecule has 1 N–H and O–H groups in total. The molecule has 0 saturated heterocycles. The van der Waals surface area contributed by atoms with Crippen molar-refractivity contribution < 1.29 is 28.6 Å². The van der Waals surface area contributed by atoms with Crippen molar-refractivity contribution in [2.75, 3.05) is 0 Å². The van der Waals surface area contributed by atoms with Gasteiger partial charge in [0.1, 0.15) is 0 Å². The summed E-state index contributed by atoms with van der Waals surface area (Å²) in [6.07, 6.45) is 8.87. The molecule has 0 heterocycles. The van der Waals surface area contributed by atoms with Crippen LogP contribution in [0.25, 0.3) is 0 Å². The first-order chi connectivity index (χ1) is 16.4. The minimum Gasteiger partial charge on any atom is -0.450 e. The minimum absolute atomic E-state index is 0.0301. The second-order valence-corrected chi connectivity index (χ2v) is 12.0. The fraction of sp³-hybridized carbons (Fsp3) is 0.759. The average Bonchev–Trinajstić information content (AvgIpc) is 3.00. The van der Waals surface area contributed by atoms with E-state index in [1.54, 1.807) is 13.0 Å². The third-order valence-corrected chi connectivity index (χ3v) is 10.2. The van der Waals surface area contributed by atoms with E-state index in [1.165, 1.54) is 19.1 Å². The van der Waals surface area contributed by atoms with E-state index in [0.717, 1.165) is 24.8 Å². The Kier molecular flexibility index (Phi) is 6.70. The number of halogens is 1. The number of esters is 1. The zero-order chi connectivity index (χ0) is 25.8. The summed E-state index contributed by atoms with van der Waals surface area (Å²) in [5.74, 6) is -1.77. The number of ether oxygens (including phenoxy) is 1. The van der Waals surface area contributed by atoms with Crippen LogP contribution in [-0.4, -0.2) is 40.0 Å². The molecule has 5 nitrogen and oxygen atoms in total. The van der Waals surface area contributed by atoms with E-state index in [9.17, 15) is 19.5 Å². The van der Waals surface area contributed by atoms with Gasteiger partial charge in [-0.3, -0.25) is 14.4 Å². The van der Waals surface area contributed by atoms with Crippen molar-refractivity contribution in [2.24, 2.45) is 28.6 Å². The molecule has 0 aliphatic heterocycles. The van der Waals surface area contributed by atoms with E-state index in [4.69, 9.17) is 4.74 Å². The van der Waals surface area contributed by atoms with Gasteiger partial charge < -0.3 is 9.84 Å². The maximum atomic E-state index is 17.3. The standard InChI is InChI=1S/C29H41FO5/c1-6-7-8-9-10-25(34)35-29(19(3)31)18(2)15-23-22-12-11-20-16-21(32)13-14-26(20,4)28(22,30)24(33)17-27(23,29)5/h13-14,16,18,22-24,33H,6-12,15,17H2,1-5H3/t18-,22-,23-,24-,26-,27-,28-,29-/m0/s1. The molecule has 0 aromatic rings. The lowest BCUT2D eigenvalue weighted by atomic mass is 9.44. The van der Waals surface area contributed by atoms with E-state index < -0.39 is 34.1 Å². The Morgan fingerprint density at radius 1 is 1.20 bits per heavy atom. The predicted molar refractivity (Wildman–Crippen MR) is 131 cm³/mol. The average molecular weight is 489 g/mol. The molecule has 6 heteroatoms. The number of fused-ring (bicyclic) bond motifs is 5. The number of carbonyl (C=O) groups excluding carboxylic acids is 3. The predicted octanol–water partition coefficient (Wildman–Crippen LogP) is 5.44. The molecular weight excluding hydrogens is 447 g/mol. The summed E-state index contributed by atoms with van der Waals surface area (Å²) < 4.78 is 23.4. The lowest BCUT2D eigenvalue weighted by molar-refractivity contribution is -0.227. The molecular formula is C29H41FO5. The normalized spacial score (nSPS) is 44.2. The molecule has 3 fully saturated rings. The van der Waals surface area contributed by atoms with Crippen LogP contribution in [0.5, 0.6) is 0 Å². The number of unbranched alkanes of at least 4 members (excludes halogenated alkanes) is 3. The molecule has 0 unspecified atom stereocenters. The smallest absolute Gasteiger partial charge is 0.306 e. The number of aliphatic hydroxyl groups is 1. The number of rotatable bonds is 7. The molecule has 35 heavy (non-hydrogen) atoms. The minimum atomic E-state index is -1.96. The maximum absolute atomic E-state index is 17.3. The topological polar surface area (TPSA) is 80.7 Å². The molecule has 0 spiro atoms. The van der Waals surface area contributed by atoms with Gasteiger partial charge in [0, 0.05) is 29.1 Å². The molecule has 194 valence electrons. The molecule has 0 aromatic heterocycles. The Hall–Kier alpha value is -1.82. The summed E-state index contributed by atoms with van der Waals surface area (Å²) in [6.45, 7) is 9.21. The van der Waals surface area contributed by atoms with Gasteiger partial charge >= 0.3 is 5.97 Å². The quantitative estimate of drug-likeness (QED) is 0.381. The van der Waals surface area contributed by atoms with Crippen molar-refractivity contribution in [3.63, 3.8) is 0 Å². The highest BCUT2D eigenvalue weighted by molar-refractivity contribution is 6.01. The van der Waals surface area contributed by atoms with Gasteiger partial charge in [-0.2, -0.15) is 0 Å². The van der Waals surface area contributed by atoms with Gasteiger partial charge in [0.25, 0.3) is 0 Å². The molecule has 0 amide bonds. The number of hydrogen-bond donors (Lipinski definition) is 1. The van der Waals surface area contributed by atoms with Crippen LogP contribution in [0.1, 0.15) is 92.4 Å². The Morgan fingerprint density at radius 3 is 2.57 bits per heavy atom. The fourth-order valence-corrected chi connectivity index (χ4v) is 8.50. The Balaban J connectivity index is 1.70. The fourth-order valence-electron chi connectivity index (χ4n) is 8.50. The van der Waals surface area contributed by atoms with Gasteiger partial charge in [-0.1, -0.05) is 51.7 Å². The van der Waals surface area contributed by atoms with Crippen molar-refractivity contribution in [3.8, 4) is 0 Å². The maximum Gasteiger partial charge on any atom is 0.306 e. The van der Waals surface area contributed by atoms with Crippen LogP contribution >= 0.6 is 0 Å². The van der Waals surface area contributed by atoms with Crippen LogP contribution in [0, 0.1) is 28.6 Å². The van der Waals surface area contributed by atoms with Gasteiger partial charge in [0.05, 0.1) is 6.10 Å². The summed E-state index contributed by atoms with van der Waals surface area (Å²) in [4.78, 5) is 38.3. The van der Waals surface area contributed by atoms with Crippen molar-refractivity contribution in [2.45, 2.75) is 110 Å². The lowest BCUT2D eigenvalue weighted by Crippen LogP contribution is -2.69. The van der Waals surface area contributed by atoms with Crippen molar-refractivity contribution in [1.29, 1.82) is 0 Å².